The Balaban J connectivity index is 2.26. The molecule has 1 atom stereocenters. The van der Waals surface area contributed by atoms with Crippen molar-refractivity contribution in [3.8, 4) is 0 Å². The quantitative estimate of drug-likeness (QED) is 0.478. The molecule has 1 aromatic rings. The lowest BCUT2D eigenvalue weighted by Gasteiger charge is -2.46. The van der Waals surface area contributed by atoms with Crippen molar-refractivity contribution in [1.29, 1.82) is 0 Å². The van der Waals surface area contributed by atoms with E-state index >= 15 is 0 Å². The maximum absolute atomic E-state index is 12.4. The van der Waals surface area contributed by atoms with Gasteiger partial charge < -0.3 is 15.2 Å². The molecule has 0 bridgehead atoms. The molecule has 0 saturated heterocycles. The van der Waals surface area contributed by atoms with Gasteiger partial charge in [-0.05, 0) is 53.2 Å². The van der Waals surface area contributed by atoms with E-state index in [1.54, 1.807) is 47.6 Å². The Labute approximate surface area is 193 Å². The number of amides is 2. The third-order valence-electron chi connectivity index (χ3n) is 4.34. The molecular weight excluding hydrogens is 460 g/mol. The van der Waals surface area contributed by atoms with Gasteiger partial charge in [0.1, 0.15) is 11.6 Å². The van der Waals surface area contributed by atoms with Crippen LogP contribution < -0.4 is 5.32 Å². The van der Waals surface area contributed by atoms with Crippen LogP contribution in [-0.2, 0) is 20.7 Å². The van der Waals surface area contributed by atoms with E-state index < -0.39 is 45.9 Å². The van der Waals surface area contributed by atoms with Gasteiger partial charge in [-0.1, -0.05) is 34.5 Å². The number of nitrogens with zero attached hydrogens (tertiary/aromatic N) is 1. The van der Waals surface area contributed by atoms with Crippen molar-refractivity contribution < 1.29 is 33.3 Å². The summed E-state index contributed by atoms with van der Waals surface area (Å²) in [5, 5.41) is 11.9. The summed E-state index contributed by atoms with van der Waals surface area (Å²) in [6.07, 6.45) is 0.195. The molecule has 2 rings (SSSR count). The highest BCUT2D eigenvalue weighted by Gasteiger charge is 2.45. The van der Waals surface area contributed by atoms with E-state index in [-0.39, 0.29) is 21.9 Å². The summed E-state index contributed by atoms with van der Waals surface area (Å²) in [6, 6.07) is 3.23. The first-order valence-electron chi connectivity index (χ1n) is 9.79. The molecule has 1 aliphatic rings. The minimum absolute atomic E-state index is 0.00404. The van der Waals surface area contributed by atoms with Crippen LogP contribution in [-0.4, -0.2) is 53.7 Å². The van der Waals surface area contributed by atoms with Crippen LogP contribution >= 0.6 is 22.4 Å². The summed E-state index contributed by atoms with van der Waals surface area (Å²) >= 11 is 6.36. The zero-order valence-corrected chi connectivity index (χ0v) is 20.4. The summed E-state index contributed by atoms with van der Waals surface area (Å²) in [5.74, 6) is -1.80. The highest BCUT2D eigenvalue weighted by atomic mass is 35.5. The van der Waals surface area contributed by atoms with Crippen LogP contribution in [0.3, 0.4) is 0 Å². The number of halogens is 1. The van der Waals surface area contributed by atoms with Crippen molar-refractivity contribution in [3.05, 3.63) is 40.4 Å². The normalized spacial score (nSPS) is 18.1. The fourth-order valence-corrected chi connectivity index (χ4v) is 5.54. The van der Waals surface area contributed by atoms with Crippen LogP contribution in [0.25, 0.3) is 4.91 Å². The highest BCUT2D eigenvalue weighted by molar-refractivity contribution is 8.31. The van der Waals surface area contributed by atoms with E-state index in [0.717, 1.165) is 10.4 Å². The highest BCUT2D eigenvalue weighted by Crippen LogP contribution is 2.62. The Morgan fingerprint density at radius 2 is 1.78 bits per heavy atom. The molecule has 2 amide bonds. The summed E-state index contributed by atoms with van der Waals surface area (Å²) in [4.78, 5) is 36.0. The number of carboxylic acid groups (broad SMARTS) is 1. The molecule has 1 aliphatic heterocycles. The molecule has 1 heterocycles. The van der Waals surface area contributed by atoms with Gasteiger partial charge in [0, 0.05) is 18.1 Å². The third kappa shape index (κ3) is 5.94. The van der Waals surface area contributed by atoms with E-state index in [2.05, 4.69) is 5.32 Å². The zero-order chi connectivity index (χ0) is 24.6. The number of rotatable bonds is 5. The standard InChI is InChI=1S/C21H29ClN2O7S/c1-20(2,3)24-17(25)11-16(32(24,29)30)13-8-7-12(9-14(13)22)10-15(18(26)27)23-19(28)31-21(4,5)6/h7-9,11,15,29-30H,10H2,1-6H3,(H,23,28)(H,26,27)/t15-/m0/s1. The van der Waals surface area contributed by atoms with Gasteiger partial charge in [-0.2, -0.15) is 0 Å². The van der Waals surface area contributed by atoms with E-state index in [9.17, 15) is 28.6 Å². The minimum atomic E-state index is -3.60. The van der Waals surface area contributed by atoms with E-state index in [4.69, 9.17) is 16.3 Å². The molecule has 0 fully saturated rings. The molecule has 0 aliphatic carbocycles. The predicted octanol–water partition coefficient (Wildman–Crippen LogP) is 4.51. The lowest BCUT2D eigenvalue weighted by molar-refractivity contribution is -0.139. The van der Waals surface area contributed by atoms with E-state index in [1.165, 1.54) is 12.1 Å². The Morgan fingerprint density at radius 3 is 2.22 bits per heavy atom. The molecule has 0 unspecified atom stereocenters. The van der Waals surface area contributed by atoms with Crippen LogP contribution in [0.4, 0.5) is 4.79 Å². The molecule has 4 N–H and O–H groups in total. The van der Waals surface area contributed by atoms with Gasteiger partial charge in [-0.25, -0.2) is 13.9 Å². The predicted molar refractivity (Wildman–Crippen MR) is 123 cm³/mol. The van der Waals surface area contributed by atoms with Crippen molar-refractivity contribution in [1.82, 2.24) is 9.62 Å². The van der Waals surface area contributed by atoms with Crippen molar-refractivity contribution in [3.63, 3.8) is 0 Å². The second-order valence-electron chi connectivity index (χ2n) is 9.39. The lowest BCUT2D eigenvalue weighted by Crippen LogP contribution is -2.44. The monoisotopic (exact) mass is 488 g/mol. The van der Waals surface area contributed by atoms with Gasteiger partial charge in [-0.15, -0.1) is 0 Å². The Hall–Kier alpha value is -2.27. The molecule has 32 heavy (non-hydrogen) atoms. The van der Waals surface area contributed by atoms with Gasteiger partial charge in [0.25, 0.3) is 5.91 Å². The zero-order valence-electron chi connectivity index (χ0n) is 18.8. The first-order valence-corrected chi connectivity index (χ1v) is 11.7. The number of carboxylic acids is 1. The maximum atomic E-state index is 12.4. The van der Waals surface area contributed by atoms with Crippen molar-refractivity contribution in [2.45, 2.75) is 65.1 Å². The van der Waals surface area contributed by atoms with Crippen LogP contribution in [0.15, 0.2) is 24.3 Å². The number of carbonyl (C=O) groups excluding carboxylic acids is 2. The fraction of sp³-hybridized carbons (Fsp3) is 0.476. The number of nitrogens with one attached hydrogen (secondary N) is 1. The maximum Gasteiger partial charge on any atom is 0.408 e. The lowest BCUT2D eigenvalue weighted by atomic mass is 10.0. The Kier molecular flexibility index (Phi) is 7.25. The minimum Gasteiger partial charge on any atom is -0.480 e. The first kappa shape index (κ1) is 26.0. The number of benzene rings is 1. The SMILES string of the molecule is CC(C)(C)OC(=O)N[C@@H](Cc1ccc(C2=CC(=O)N(C(C)(C)C)S2(O)O)c(Cl)c1)C(=O)O. The summed E-state index contributed by atoms with van der Waals surface area (Å²) in [5.41, 5.74) is -0.879. The Bertz CT molecular complexity index is 964. The van der Waals surface area contributed by atoms with Gasteiger partial charge in [0.05, 0.1) is 15.5 Å². The second kappa shape index (κ2) is 8.93. The second-order valence-corrected chi connectivity index (χ2v) is 11.6. The van der Waals surface area contributed by atoms with Crippen molar-refractivity contribution >= 4 is 45.3 Å². The summed E-state index contributed by atoms with van der Waals surface area (Å²) < 4.78 is 27.6. The molecule has 0 radical (unpaired) electrons. The van der Waals surface area contributed by atoms with Crippen LogP contribution in [0, 0.1) is 0 Å². The number of hydrogen-bond acceptors (Lipinski definition) is 6. The third-order valence-corrected chi connectivity index (χ3v) is 6.82. The van der Waals surface area contributed by atoms with Gasteiger partial charge in [-0.3, -0.25) is 13.9 Å². The number of hydrogen-bond donors (Lipinski definition) is 4. The van der Waals surface area contributed by atoms with Gasteiger partial charge in [0.15, 0.2) is 0 Å². The van der Waals surface area contributed by atoms with Crippen LogP contribution in [0.5, 0.6) is 0 Å². The number of ether oxygens (including phenoxy) is 1. The molecule has 11 heteroatoms. The molecule has 0 saturated carbocycles. The smallest absolute Gasteiger partial charge is 0.408 e. The fourth-order valence-electron chi connectivity index (χ4n) is 3.18. The molecule has 0 aromatic heterocycles. The average Bonchev–Trinajstić information content (AvgIpc) is 2.81. The van der Waals surface area contributed by atoms with E-state index in [1.807, 2.05) is 0 Å². The van der Waals surface area contributed by atoms with Crippen LogP contribution in [0.2, 0.25) is 5.02 Å². The molecular formula is C21H29ClN2O7S. The molecule has 9 nitrogen and oxygen atoms in total. The number of aliphatic carboxylic acids is 1. The largest absolute Gasteiger partial charge is 0.480 e. The summed E-state index contributed by atoms with van der Waals surface area (Å²) in [6.45, 7) is 10.0. The van der Waals surface area contributed by atoms with E-state index in [0.29, 0.717) is 5.56 Å². The summed E-state index contributed by atoms with van der Waals surface area (Å²) in [7, 11) is -3.60. The first-order chi connectivity index (χ1) is 14.4. The van der Waals surface area contributed by atoms with Crippen LogP contribution in [0.1, 0.15) is 52.7 Å². The van der Waals surface area contributed by atoms with Gasteiger partial charge in [0.2, 0.25) is 0 Å². The molecule has 0 spiro atoms. The number of carbonyl (C=O) groups is 3. The molecule has 1 aromatic carbocycles. The number of alkyl carbamates (subject to hydrolysis) is 1. The van der Waals surface area contributed by atoms with Gasteiger partial charge >= 0.3 is 12.1 Å². The topological polar surface area (TPSA) is 136 Å². The van der Waals surface area contributed by atoms with Crippen molar-refractivity contribution in [2.75, 3.05) is 0 Å². The van der Waals surface area contributed by atoms with Crippen molar-refractivity contribution in [2.24, 2.45) is 0 Å². The Morgan fingerprint density at radius 1 is 1.19 bits per heavy atom. The molecule has 178 valence electrons. The average molecular weight is 489 g/mol.